The van der Waals surface area contributed by atoms with E-state index in [4.69, 9.17) is 5.73 Å². The number of anilines is 1. The molecule has 0 bridgehead atoms. The Balaban J connectivity index is 1.81. The molecule has 0 atom stereocenters. The van der Waals surface area contributed by atoms with Crippen molar-refractivity contribution in [2.75, 3.05) is 26.4 Å². The zero-order valence-electron chi connectivity index (χ0n) is 11.0. The van der Waals surface area contributed by atoms with Crippen molar-refractivity contribution in [3.8, 4) is 0 Å². The third kappa shape index (κ3) is 2.64. The van der Waals surface area contributed by atoms with E-state index in [2.05, 4.69) is 29.4 Å². The molecule has 6 nitrogen and oxygen atoms in total. The zero-order valence-corrected chi connectivity index (χ0v) is 11.0. The highest BCUT2D eigenvalue weighted by molar-refractivity contribution is 5.75. The quantitative estimate of drug-likeness (QED) is 0.776. The highest BCUT2D eigenvalue weighted by Gasteiger charge is 2.39. The average molecular weight is 251 g/mol. The van der Waals surface area contributed by atoms with Crippen molar-refractivity contribution in [3.05, 3.63) is 12.4 Å². The highest BCUT2D eigenvalue weighted by Crippen LogP contribution is 2.35. The number of likely N-dealkylation sites (N-methyl/N-ethyl adjacent to an activating group) is 1. The molecule has 0 unspecified atom stereocenters. The number of nitrogen functional groups attached to an aromatic ring is 1. The van der Waals surface area contributed by atoms with Crippen LogP contribution >= 0.6 is 0 Å². The molecule has 100 valence electrons. The van der Waals surface area contributed by atoms with E-state index >= 15 is 0 Å². The van der Waals surface area contributed by atoms with Gasteiger partial charge in [0.1, 0.15) is 6.54 Å². The van der Waals surface area contributed by atoms with Crippen LogP contribution in [0, 0.1) is 0 Å². The second-order valence-corrected chi connectivity index (χ2v) is 5.22. The van der Waals surface area contributed by atoms with Crippen LogP contribution in [0.1, 0.15) is 19.3 Å². The summed E-state index contributed by atoms with van der Waals surface area (Å²) in [5.41, 5.74) is 6.27. The number of nitrogens with two attached hydrogens (primary N) is 1. The molecule has 3 N–H and O–H groups in total. The minimum Gasteiger partial charge on any atom is -0.396 e. The molecular weight excluding hydrogens is 230 g/mol. The van der Waals surface area contributed by atoms with Crippen LogP contribution < -0.4 is 11.1 Å². The van der Waals surface area contributed by atoms with Gasteiger partial charge in [0.05, 0.1) is 11.9 Å². The molecule has 0 saturated heterocycles. The van der Waals surface area contributed by atoms with Crippen LogP contribution in [-0.4, -0.2) is 46.8 Å². The van der Waals surface area contributed by atoms with E-state index in [9.17, 15) is 4.79 Å². The molecule has 0 radical (unpaired) electrons. The van der Waals surface area contributed by atoms with Crippen molar-refractivity contribution in [2.24, 2.45) is 0 Å². The zero-order chi connectivity index (χ0) is 13.2. The fraction of sp³-hybridized carbons (Fsp3) is 0.667. The van der Waals surface area contributed by atoms with Gasteiger partial charge >= 0.3 is 0 Å². The highest BCUT2D eigenvalue weighted by atomic mass is 16.2. The number of nitrogens with zero attached hydrogens (tertiary/aromatic N) is 3. The number of aromatic nitrogens is 2. The molecule has 1 aliphatic carbocycles. The third-order valence-corrected chi connectivity index (χ3v) is 3.81. The summed E-state index contributed by atoms with van der Waals surface area (Å²) in [4.78, 5) is 14.0. The smallest absolute Gasteiger partial charge is 0.241 e. The molecule has 1 fully saturated rings. The van der Waals surface area contributed by atoms with Gasteiger partial charge in [0.25, 0.3) is 0 Å². The fourth-order valence-corrected chi connectivity index (χ4v) is 2.30. The summed E-state index contributed by atoms with van der Waals surface area (Å²) in [7, 11) is 4.14. The second-order valence-electron chi connectivity index (χ2n) is 5.22. The van der Waals surface area contributed by atoms with Crippen molar-refractivity contribution in [3.63, 3.8) is 0 Å². The van der Waals surface area contributed by atoms with Gasteiger partial charge in [0, 0.05) is 18.3 Å². The summed E-state index contributed by atoms with van der Waals surface area (Å²) in [6.07, 6.45) is 6.74. The first-order valence-electron chi connectivity index (χ1n) is 6.24. The summed E-state index contributed by atoms with van der Waals surface area (Å²) in [6, 6.07) is 0. The largest absolute Gasteiger partial charge is 0.396 e. The maximum absolute atomic E-state index is 11.8. The number of hydrogen-bond acceptors (Lipinski definition) is 4. The number of hydrogen-bond donors (Lipinski definition) is 2. The van der Waals surface area contributed by atoms with Gasteiger partial charge in [-0.25, -0.2) is 0 Å². The molecule has 1 aromatic heterocycles. The Kier molecular flexibility index (Phi) is 3.56. The van der Waals surface area contributed by atoms with E-state index in [1.807, 2.05) is 0 Å². The van der Waals surface area contributed by atoms with E-state index in [0.717, 1.165) is 12.8 Å². The molecule has 18 heavy (non-hydrogen) atoms. The van der Waals surface area contributed by atoms with E-state index in [1.165, 1.54) is 6.42 Å². The molecular formula is C12H21N5O. The second kappa shape index (κ2) is 4.97. The Bertz CT molecular complexity index is 422. The van der Waals surface area contributed by atoms with Crippen molar-refractivity contribution in [2.45, 2.75) is 31.3 Å². The van der Waals surface area contributed by atoms with Crippen molar-refractivity contribution in [1.29, 1.82) is 0 Å². The minimum atomic E-state index is -0.0220. The lowest BCUT2D eigenvalue weighted by atomic mass is 9.75. The Morgan fingerprint density at radius 2 is 2.33 bits per heavy atom. The predicted octanol–water partition coefficient (Wildman–Crippen LogP) is 0.0658. The molecule has 1 heterocycles. The van der Waals surface area contributed by atoms with Crippen molar-refractivity contribution in [1.82, 2.24) is 20.0 Å². The molecule has 1 amide bonds. The van der Waals surface area contributed by atoms with Gasteiger partial charge < -0.3 is 16.0 Å². The van der Waals surface area contributed by atoms with Crippen LogP contribution in [0.4, 0.5) is 5.69 Å². The molecule has 1 aromatic rings. The van der Waals surface area contributed by atoms with E-state index in [-0.39, 0.29) is 18.0 Å². The van der Waals surface area contributed by atoms with Gasteiger partial charge in [0.2, 0.25) is 5.91 Å². The van der Waals surface area contributed by atoms with Gasteiger partial charge in [-0.15, -0.1) is 0 Å². The molecule has 0 spiro atoms. The molecule has 0 aromatic carbocycles. The van der Waals surface area contributed by atoms with Crippen molar-refractivity contribution < 1.29 is 4.79 Å². The van der Waals surface area contributed by atoms with E-state index in [0.29, 0.717) is 12.2 Å². The van der Waals surface area contributed by atoms with E-state index < -0.39 is 0 Å². The standard InChI is InChI=1S/C12H21N5O/c1-16(2)12(4-3-5-12)9-14-11(18)8-17-7-10(13)6-15-17/h6-7H,3-5,8-9,13H2,1-2H3,(H,14,18). The Labute approximate surface area is 107 Å². The van der Waals surface area contributed by atoms with E-state index in [1.54, 1.807) is 17.1 Å². The lowest BCUT2D eigenvalue weighted by molar-refractivity contribution is -0.122. The first-order valence-corrected chi connectivity index (χ1v) is 6.24. The van der Waals surface area contributed by atoms with Gasteiger partial charge in [-0.3, -0.25) is 9.48 Å². The topological polar surface area (TPSA) is 76.2 Å². The maximum Gasteiger partial charge on any atom is 0.241 e. The number of carbonyl (C=O) groups excluding carboxylic acids is 1. The lowest BCUT2D eigenvalue weighted by Gasteiger charge is -2.47. The van der Waals surface area contributed by atoms with Gasteiger partial charge in [-0.1, -0.05) is 0 Å². The van der Waals surface area contributed by atoms with Crippen LogP contribution in [-0.2, 0) is 11.3 Å². The average Bonchev–Trinajstić information content (AvgIpc) is 2.61. The Morgan fingerprint density at radius 1 is 1.61 bits per heavy atom. The van der Waals surface area contributed by atoms with Crippen LogP contribution in [0.3, 0.4) is 0 Å². The normalized spacial score (nSPS) is 17.5. The lowest BCUT2D eigenvalue weighted by Crippen LogP contribution is -2.57. The molecule has 1 saturated carbocycles. The Morgan fingerprint density at radius 3 is 2.78 bits per heavy atom. The van der Waals surface area contributed by atoms with Gasteiger partial charge in [0.15, 0.2) is 0 Å². The first-order chi connectivity index (χ1) is 8.52. The van der Waals surface area contributed by atoms with Gasteiger partial charge in [-0.2, -0.15) is 5.10 Å². The van der Waals surface area contributed by atoms with Gasteiger partial charge in [-0.05, 0) is 33.4 Å². The van der Waals surface area contributed by atoms with Crippen LogP contribution in [0.5, 0.6) is 0 Å². The third-order valence-electron chi connectivity index (χ3n) is 3.81. The predicted molar refractivity (Wildman–Crippen MR) is 69.9 cm³/mol. The monoisotopic (exact) mass is 251 g/mol. The summed E-state index contributed by atoms with van der Waals surface area (Å²) < 4.78 is 1.55. The van der Waals surface area contributed by atoms with Crippen molar-refractivity contribution >= 4 is 11.6 Å². The molecule has 0 aliphatic heterocycles. The van der Waals surface area contributed by atoms with Crippen LogP contribution in [0.15, 0.2) is 12.4 Å². The number of carbonyl (C=O) groups is 1. The van der Waals surface area contributed by atoms with Crippen LogP contribution in [0.2, 0.25) is 0 Å². The first kappa shape index (κ1) is 12.9. The molecule has 6 heteroatoms. The Hall–Kier alpha value is -1.56. The summed E-state index contributed by atoms with van der Waals surface area (Å²) in [6.45, 7) is 0.927. The number of nitrogens with one attached hydrogen (secondary N) is 1. The van der Waals surface area contributed by atoms with Crippen LogP contribution in [0.25, 0.3) is 0 Å². The fourth-order valence-electron chi connectivity index (χ4n) is 2.30. The molecule has 1 aliphatic rings. The number of rotatable bonds is 5. The summed E-state index contributed by atoms with van der Waals surface area (Å²) in [5, 5.41) is 6.97. The number of amides is 1. The SMILES string of the molecule is CN(C)C1(CNC(=O)Cn2cc(N)cn2)CCC1. The molecule has 2 rings (SSSR count). The minimum absolute atomic E-state index is 0.0220. The maximum atomic E-state index is 11.8. The summed E-state index contributed by atoms with van der Waals surface area (Å²) >= 11 is 0. The summed E-state index contributed by atoms with van der Waals surface area (Å²) in [5.74, 6) is -0.0220.